The number of rotatable bonds is 3. The second kappa shape index (κ2) is 7.70. The van der Waals surface area contributed by atoms with E-state index >= 15 is 0 Å². The first kappa shape index (κ1) is 16.2. The monoisotopic (exact) mass is 289 g/mol. The van der Waals surface area contributed by atoms with Crippen molar-refractivity contribution in [2.75, 3.05) is 19.6 Å². The van der Waals surface area contributed by atoms with E-state index in [1.54, 1.807) is 0 Å². The summed E-state index contributed by atoms with van der Waals surface area (Å²) in [7, 11) is 0. The maximum Gasteiger partial charge on any atom is 0.224 e. The first-order valence-electron chi connectivity index (χ1n) is 6.93. The van der Waals surface area contributed by atoms with Crippen LogP contribution in [0.15, 0.2) is 0 Å². The van der Waals surface area contributed by atoms with E-state index in [4.69, 9.17) is 0 Å². The van der Waals surface area contributed by atoms with Crippen molar-refractivity contribution >= 4 is 24.2 Å². The molecule has 0 saturated carbocycles. The summed E-state index contributed by atoms with van der Waals surface area (Å²) in [5, 5.41) is 6.26. The Hall–Kier alpha value is -0.810. The average Bonchev–Trinajstić information content (AvgIpc) is 2.81. The molecular weight excluding hydrogens is 266 g/mol. The van der Waals surface area contributed by atoms with E-state index in [2.05, 4.69) is 10.6 Å². The predicted octanol–water partition coefficient (Wildman–Crippen LogP) is 0.677. The third-order valence-corrected chi connectivity index (χ3v) is 3.76. The molecule has 2 amide bonds. The molecular formula is C13H24ClN3O2. The molecule has 2 rings (SSSR count). The maximum atomic E-state index is 12.2. The van der Waals surface area contributed by atoms with Crippen molar-refractivity contribution in [3.8, 4) is 0 Å². The van der Waals surface area contributed by atoms with Crippen LogP contribution in [0.5, 0.6) is 0 Å². The zero-order valence-corrected chi connectivity index (χ0v) is 12.3. The summed E-state index contributed by atoms with van der Waals surface area (Å²) in [6.45, 7) is 4.07. The predicted molar refractivity (Wildman–Crippen MR) is 76.3 cm³/mol. The molecule has 0 bridgehead atoms. The van der Waals surface area contributed by atoms with Gasteiger partial charge in [0.1, 0.15) is 0 Å². The van der Waals surface area contributed by atoms with Crippen molar-refractivity contribution in [3.05, 3.63) is 0 Å². The number of likely N-dealkylation sites (tertiary alicyclic amines) is 1. The van der Waals surface area contributed by atoms with Gasteiger partial charge in [-0.25, -0.2) is 0 Å². The standard InChI is InChI=1S/C13H23N3O2.ClH/c1-10(17)15-12-5-3-7-16(9-12)13(18)8-11-4-2-6-14-11;/h11-12,14H,2-9H2,1H3,(H,15,17);1H. The Bertz CT molecular complexity index is 319. The first-order chi connectivity index (χ1) is 8.65. The molecule has 6 heteroatoms. The molecule has 2 saturated heterocycles. The van der Waals surface area contributed by atoms with Crippen LogP contribution in [-0.2, 0) is 9.59 Å². The molecule has 0 aromatic heterocycles. The number of carbonyl (C=O) groups excluding carboxylic acids is 2. The lowest BCUT2D eigenvalue weighted by atomic mass is 10.0. The van der Waals surface area contributed by atoms with E-state index in [-0.39, 0.29) is 30.3 Å². The number of carbonyl (C=O) groups is 2. The number of nitrogens with one attached hydrogen (secondary N) is 2. The van der Waals surface area contributed by atoms with E-state index in [0.29, 0.717) is 19.0 Å². The molecule has 2 N–H and O–H groups in total. The number of halogens is 1. The minimum Gasteiger partial charge on any atom is -0.352 e. The third kappa shape index (κ3) is 4.99. The van der Waals surface area contributed by atoms with Gasteiger partial charge in [0, 0.05) is 38.5 Å². The third-order valence-electron chi connectivity index (χ3n) is 3.76. The van der Waals surface area contributed by atoms with Crippen LogP contribution < -0.4 is 10.6 Å². The zero-order valence-electron chi connectivity index (χ0n) is 11.5. The molecule has 2 aliphatic rings. The lowest BCUT2D eigenvalue weighted by molar-refractivity contribution is -0.133. The Morgan fingerprint density at radius 1 is 1.32 bits per heavy atom. The molecule has 0 spiro atoms. The molecule has 19 heavy (non-hydrogen) atoms. The normalized spacial score (nSPS) is 26.7. The van der Waals surface area contributed by atoms with Crippen LogP contribution in [0.25, 0.3) is 0 Å². The van der Waals surface area contributed by atoms with Gasteiger partial charge in [-0.05, 0) is 32.2 Å². The Kier molecular flexibility index (Phi) is 6.58. The Labute approximate surface area is 120 Å². The molecule has 0 aromatic carbocycles. The van der Waals surface area contributed by atoms with Crippen molar-refractivity contribution in [3.63, 3.8) is 0 Å². The molecule has 5 nitrogen and oxygen atoms in total. The number of amides is 2. The Morgan fingerprint density at radius 3 is 2.74 bits per heavy atom. The van der Waals surface area contributed by atoms with Crippen LogP contribution >= 0.6 is 12.4 Å². The van der Waals surface area contributed by atoms with Crippen LogP contribution in [0.2, 0.25) is 0 Å². The van der Waals surface area contributed by atoms with Crippen LogP contribution in [-0.4, -0.2) is 48.4 Å². The molecule has 110 valence electrons. The highest BCUT2D eigenvalue weighted by atomic mass is 35.5. The molecule has 0 radical (unpaired) electrons. The SMILES string of the molecule is CC(=O)NC1CCCN(C(=O)CC2CCCN2)C1.Cl. The van der Waals surface area contributed by atoms with E-state index < -0.39 is 0 Å². The summed E-state index contributed by atoms with van der Waals surface area (Å²) in [6, 6.07) is 0.496. The second-order valence-corrected chi connectivity index (χ2v) is 5.38. The molecule has 2 atom stereocenters. The summed E-state index contributed by atoms with van der Waals surface area (Å²) >= 11 is 0. The quantitative estimate of drug-likeness (QED) is 0.803. The largest absolute Gasteiger partial charge is 0.352 e. The fourth-order valence-corrected chi connectivity index (χ4v) is 2.88. The van der Waals surface area contributed by atoms with Crippen LogP contribution in [0.3, 0.4) is 0 Å². The van der Waals surface area contributed by atoms with Gasteiger partial charge in [-0.3, -0.25) is 9.59 Å². The summed E-state index contributed by atoms with van der Waals surface area (Å²) in [6.07, 6.45) is 4.84. The second-order valence-electron chi connectivity index (χ2n) is 5.38. The highest BCUT2D eigenvalue weighted by Crippen LogP contribution is 2.15. The van der Waals surface area contributed by atoms with Crippen molar-refractivity contribution in [1.82, 2.24) is 15.5 Å². The fourth-order valence-electron chi connectivity index (χ4n) is 2.88. The number of hydrogen-bond acceptors (Lipinski definition) is 3. The van der Waals surface area contributed by atoms with Gasteiger partial charge in [0.05, 0.1) is 0 Å². The fraction of sp³-hybridized carbons (Fsp3) is 0.846. The highest BCUT2D eigenvalue weighted by molar-refractivity contribution is 5.85. The topological polar surface area (TPSA) is 61.4 Å². The smallest absolute Gasteiger partial charge is 0.224 e. The van der Waals surface area contributed by atoms with Gasteiger partial charge >= 0.3 is 0 Å². The van der Waals surface area contributed by atoms with Crippen molar-refractivity contribution < 1.29 is 9.59 Å². The lowest BCUT2D eigenvalue weighted by Gasteiger charge is -2.33. The lowest BCUT2D eigenvalue weighted by Crippen LogP contribution is -2.50. The number of hydrogen-bond donors (Lipinski definition) is 2. The minimum atomic E-state index is -0.00763. The molecule has 2 heterocycles. The molecule has 0 aliphatic carbocycles. The van der Waals surface area contributed by atoms with Crippen LogP contribution in [0.4, 0.5) is 0 Å². The van der Waals surface area contributed by atoms with Gasteiger partial charge in [-0.2, -0.15) is 0 Å². The number of nitrogens with zero attached hydrogens (tertiary/aromatic N) is 1. The van der Waals surface area contributed by atoms with Gasteiger partial charge in [-0.15, -0.1) is 12.4 Å². The van der Waals surface area contributed by atoms with E-state index in [1.165, 1.54) is 13.3 Å². The average molecular weight is 290 g/mol. The summed E-state index contributed by atoms with van der Waals surface area (Å²) in [5.74, 6) is 0.219. The summed E-state index contributed by atoms with van der Waals surface area (Å²) in [5.41, 5.74) is 0. The molecule has 2 unspecified atom stereocenters. The molecule has 2 aliphatic heterocycles. The van der Waals surface area contributed by atoms with Gasteiger partial charge in [-0.1, -0.05) is 0 Å². The summed E-state index contributed by atoms with van der Waals surface area (Å²) < 4.78 is 0. The first-order valence-corrected chi connectivity index (χ1v) is 6.93. The highest BCUT2D eigenvalue weighted by Gasteiger charge is 2.26. The molecule has 2 fully saturated rings. The van der Waals surface area contributed by atoms with E-state index in [9.17, 15) is 9.59 Å². The summed E-state index contributed by atoms with van der Waals surface area (Å²) in [4.78, 5) is 25.1. The van der Waals surface area contributed by atoms with Gasteiger partial charge in [0.2, 0.25) is 11.8 Å². The van der Waals surface area contributed by atoms with E-state index in [0.717, 1.165) is 32.4 Å². The van der Waals surface area contributed by atoms with Gasteiger partial charge < -0.3 is 15.5 Å². The van der Waals surface area contributed by atoms with Gasteiger partial charge in [0.25, 0.3) is 0 Å². The van der Waals surface area contributed by atoms with Crippen LogP contribution in [0.1, 0.15) is 39.0 Å². The van der Waals surface area contributed by atoms with Crippen molar-refractivity contribution in [2.24, 2.45) is 0 Å². The Morgan fingerprint density at radius 2 is 2.11 bits per heavy atom. The maximum absolute atomic E-state index is 12.2. The van der Waals surface area contributed by atoms with Crippen molar-refractivity contribution in [2.45, 2.75) is 51.1 Å². The van der Waals surface area contributed by atoms with Crippen LogP contribution in [0, 0.1) is 0 Å². The van der Waals surface area contributed by atoms with Gasteiger partial charge in [0.15, 0.2) is 0 Å². The number of piperidine rings is 1. The van der Waals surface area contributed by atoms with Crippen molar-refractivity contribution in [1.29, 1.82) is 0 Å². The van der Waals surface area contributed by atoms with E-state index in [1.807, 2.05) is 4.90 Å². The zero-order chi connectivity index (χ0) is 13.0. The molecule has 0 aromatic rings. The Balaban J connectivity index is 0.00000180. The minimum absolute atomic E-state index is 0.